The number of halogens is 2. The largest absolute Gasteiger partial charge is 0.435 e. The smallest absolute Gasteiger partial charge is 0.239 e. The van der Waals surface area contributed by atoms with E-state index in [0.29, 0.717) is 10.2 Å². The molecular formula is C11H9BrClN3O. The number of nitrogens with two attached hydrogens (primary N) is 1. The summed E-state index contributed by atoms with van der Waals surface area (Å²) >= 11 is 9.28. The summed E-state index contributed by atoms with van der Waals surface area (Å²) in [7, 11) is 0. The van der Waals surface area contributed by atoms with Crippen LogP contribution in [0.5, 0.6) is 11.6 Å². The Bertz CT molecular complexity index is 634. The van der Waals surface area contributed by atoms with E-state index in [1.54, 1.807) is 6.07 Å². The van der Waals surface area contributed by atoms with E-state index >= 15 is 0 Å². The zero-order valence-electron chi connectivity index (χ0n) is 11.4. The fraction of sp³-hybridized carbons (Fsp3) is 0.0909. The molecule has 6 heteroatoms. The molecule has 0 amide bonds. The van der Waals surface area contributed by atoms with Crippen LogP contribution in [0, 0.1) is 6.88 Å². The summed E-state index contributed by atoms with van der Waals surface area (Å²) in [6.07, 6.45) is 1.19. The van der Waals surface area contributed by atoms with E-state index in [9.17, 15) is 0 Å². The van der Waals surface area contributed by atoms with E-state index in [-0.39, 0.29) is 28.3 Å². The van der Waals surface area contributed by atoms with Crippen molar-refractivity contribution in [2.45, 2.75) is 6.88 Å². The molecule has 0 saturated heterocycles. The lowest BCUT2D eigenvalue weighted by atomic mass is 10.3. The monoisotopic (exact) mass is 316 g/mol. The van der Waals surface area contributed by atoms with E-state index in [4.69, 9.17) is 26.2 Å². The highest BCUT2D eigenvalue weighted by Crippen LogP contribution is 2.37. The van der Waals surface area contributed by atoms with Crippen molar-refractivity contribution >= 4 is 33.2 Å². The lowest BCUT2D eigenvalue weighted by molar-refractivity contribution is 0.452. The summed E-state index contributed by atoms with van der Waals surface area (Å²) < 4.78 is 28.5. The highest BCUT2D eigenvalue weighted by Gasteiger charge is 2.10. The molecule has 1 heterocycles. The van der Waals surface area contributed by atoms with Gasteiger partial charge in [-0.25, -0.2) is 0 Å². The highest BCUT2D eigenvalue weighted by atomic mass is 79.9. The minimum absolute atomic E-state index is 0.0951. The lowest BCUT2D eigenvalue weighted by Gasteiger charge is -2.09. The van der Waals surface area contributed by atoms with Gasteiger partial charge in [-0.2, -0.15) is 5.10 Å². The topological polar surface area (TPSA) is 61.0 Å². The first-order valence-electron chi connectivity index (χ1n) is 6.14. The predicted molar refractivity (Wildman–Crippen MR) is 70.4 cm³/mol. The maximum Gasteiger partial charge on any atom is 0.239 e. The van der Waals surface area contributed by atoms with Crippen molar-refractivity contribution in [2.24, 2.45) is 0 Å². The molecule has 88 valence electrons. The zero-order chi connectivity index (χ0) is 14.9. The van der Waals surface area contributed by atoms with E-state index in [1.807, 2.05) is 0 Å². The third-order valence-electron chi connectivity index (χ3n) is 1.82. The average molecular weight is 318 g/mol. The molecule has 0 spiro atoms. The first kappa shape index (κ1) is 8.72. The first-order valence-corrected chi connectivity index (χ1v) is 5.66. The van der Waals surface area contributed by atoms with Crippen LogP contribution in [0.1, 0.15) is 9.68 Å². The van der Waals surface area contributed by atoms with Crippen LogP contribution in [0.15, 0.2) is 28.8 Å². The Hall–Kier alpha value is -1.33. The molecule has 0 unspecified atom stereocenters. The number of benzene rings is 1. The van der Waals surface area contributed by atoms with E-state index < -0.39 is 6.88 Å². The van der Waals surface area contributed by atoms with Crippen LogP contribution in [0.3, 0.4) is 0 Å². The Balaban J connectivity index is 2.43. The van der Waals surface area contributed by atoms with Gasteiger partial charge in [0.05, 0.1) is 17.1 Å². The van der Waals surface area contributed by atoms with Crippen molar-refractivity contribution in [3.63, 3.8) is 0 Å². The number of ether oxygens (including phenoxy) is 1. The fourth-order valence-corrected chi connectivity index (χ4v) is 2.08. The summed E-state index contributed by atoms with van der Waals surface area (Å²) in [6.45, 7) is -1.34. The van der Waals surface area contributed by atoms with E-state index in [1.165, 1.54) is 12.3 Å². The average Bonchev–Trinajstić information content (AvgIpc) is 2.35. The number of aryl methyl sites for hydroxylation is 1. The van der Waals surface area contributed by atoms with Gasteiger partial charge in [0.25, 0.3) is 0 Å². The van der Waals surface area contributed by atoms with Crippen LogP contribution in [0.2, 0.25) is 5.02 Å². The SMILES string of the molecule is [2H]c1c(C([2H])[2H])cnnc1Oc1c(Cl)cc(N)cc1Br. The quantitative estimate of drug-likeness (QED) is 0.860. The second-order valence-electron chi connectivity index (χ2n) is 3.15. The van der Waals surface area contributed by atoms with Gasteiger partial charge < -0.3 is 10.5 Å². The minimum atomic E-state index is -1.34. The number of nitrogens with zero attached hydrogens (tertiary/aromatic N) is 2. The molecule has 0 bridgehead atoms. The predicted octanol–water partition coefficient (Wildman–Crippen LogP) is 3.58. The van der Waals surface area contributed by atoms with Crippen molar-refractivity contribution < 1.29 is 8.85 Å². The highest BCUT2D eigenvalue weighted by molar-refractivity contribution is 9.10. The summed E-state index contributed by atoms with van der Waals surface area (Å²) in [5, 5.41) is 7.55. The Morgan fingerprint density at radius 2 is 2.41 bits per heavy atom. The molecule has 0 aliphatic carbocycles. The maximum absolute atomic E-state index is 7.86. The molecular weight excluding hydrogens is 305 g/mol. The molecule has 4 nitrogen and oxygen atoms in total. The molecule has 0 saturated carbocycles. The Morgan fingerprint density at radius 1 is 1.59 bits per heavy atom. The van der Waals surface area contributed by atoms with Gasteiger partial charge in [0.1, 0.15) is 0 Å². The third-order valence-corrected chi connectivity index (χ3v) is 2.69. The van der Waals surface area contributed by atoms with Crippen LogP contribution in [0.4, 0.5) is 5.69 Å². The zero-order valence-corrected chi connectivity index (χ0v) is 10.8. The molecule has 1 aromatic carbocycles. The summed E-state index contributed by atoms with van der Waals surface area (Å²) in [5.74, 6) is 0.117. The van der Waals surface area contributed by atoms with E-state index in [0.717, 1.165) is 0 Å². The summed E-state index contributed by atoms with van der Waals surface area (Å²) in [4.78, 5) is 0. The second kappa shape index (κ2) is 4.89. The van der Waals surface area contributed by atoms with Gasteiger partial charge in [0, 0.05) is 14.5 Å². The number of rotatable bonds is 2. The number of hydrogen-bond donors (Lipinski definition) is 1. The van der Waals surface area contributed by atoms with Crippen LogP contribution in [-0.4, -0.2) is 10.2 Å². The Morgan fingerprint density at radius 3 is 3.12 bits per heavy atom. The summed E-state index contributed by atoms with van der Waals surface area (Å²) in [5.41, 5.74) is 6.18. The van der Waals surface area contributed by atoms with Crippen molar-refractivity contribution in [3.05, 3.63) is 39.4 Å². The van der Waals surface area contributed by atoms with Crippen LogP contribution in [0.25, 0.3) is 0 Å². The molecule has 0 aliphatic heterocycles. The van der Waals surface area contributed by atoms with Crippen molar-refractivity contribution in [1.29, 1.82) is 0 Å². The van der Waals surface area contributed by atoms with Crippen LogP contribution >= 0.6 is 27.5 Å². The number of nitrogen functional groups attached to an aromatic ring is 1. The van der Waals surface area contributed by atoms with Crippen LogP contribution < -0.4 is 10.5 Å². The molecule has 17 heavy (non-hydrogen) atoms. The minimum Gasteiger partial charge on any atom is -0.435 e. The van der Waals surface area contributed by atoms with Crippen molar-refractivity contribution in [1.82, 2.24) is 10.2 Å². The second-order valence-corrected chi connectivity index (χ2v) is 4.41. The molecule has 1 aromatic heterocycles. The van der Waals surface area contributed by atoms with Gasteiger partial charge in [0.15, 0.2) is 5.75 Å². The van der Waals surface area contributed by atoms with Gasteiger partial charge in [0.2, 0.25) is 5.88 Å². The van der Waals surface area contributed by atoms with Crippen molar-refractivity contribution in [2.75, 3.05) is 5.73 Å². The number of anilines is 1. The van der Waals surface area contributed by atoms with Gasteiger partial charge in [-0.1, -0.05) is 11.6 Å². The van der Waals surface area contributed by atoms with Crippen molar-refractivity contribution in [3.8, 4) is 11.6 Å². The van der Waals surface area contributed by atoms with Gasteiger partial charge in [-0.15, -0.1) is 5.10 Å². The molecule has 0 aliphatic rings. The molecule has 0 atom stereocenters. The van der Waals surface area contributed by atoms with Crippen LogP contribution in [-0.2, 0) is 0 Å². The van der Waals surface area contributed by atoms with Gasteiger partial charge in [-0.05, 0) is 40.5 Å². The first-order chi connectivity index (χ1) is 9.40. The number of hydrogen-bond acceptors (Lipinski definition) is 4. The Kier molecular flexibility index (Phi) is 2.51. The van der Waals surface area contributed by atoms with Gasteiger partial charge >= 0.3 is 0 Å². The molecule has 2 rings (SSSR count). The molecule has 0 fully saturated rings. The lowest BCUT2D eigenvalue weighted by Crippen LogP contribution is -1.94. The standard InChI is InChI=1S/C11H9BrClN3O/c1-6-2-10(16-15-5-6)17-11-8(12)3-7(14)4-9(11)13/h2-5H,14H2,1H3/i1D2,2D. The normalized spacial score (nSPS) is 13.0. The fourth-order valence-electron chi connectivity index (χ4n) is 1.14. The third kappa shape index (κ3) is 2.87. The molecule has 2 aromatic rings. The molecule has 2 N–H and O–H groups in total. The van der Waals surface area contributed by atoms with E-state index in [2.05, 4.69) is 26.1 Å². The van der Waals surface area contributed by atoms with Gasteiger partial charge in [-0.3, -0.25) is 0 Å². The summed E-state index contributed by atoms with van der Waals surface area (Å²) in [6, 6.07) is 2.93. The number of aromatic nitrogens is 2. The Labute approximate surface area is 116 Å². The maximum atomic E-state index is 7.86. The molecule has 0 radical (unpaired) electrons.